The number of carbonyl (C=O) groups excluding carboxylic acids is 2. The van der Waals surface area contributed by atoms with Gasteiger partial charge in [0.15, 0.2) is 0 Å². The third-order valence-corrected chi connectivity index (χ3v) is 5.27. The fourth-order valence-electron chi connectivity index (χ4n) is 3.89. The molecule has 2 amide bonds. The molecular weight excluding hydrogens is 364 g/mol. The summed E-state index contributed by atoms with van der Waals surface area (Å²) in [6.45, 7) is 5.32. The van der Waals surface area contributed by atoms with Gasteiger partial charge in [0.25, 0.3) is 0 Å². The van der Waals surface area contributed by atoms with Crippen LogP contribution in [0.2, 0.25) is 0 Å². The second-order valence-corrected chi connectivity index (χ2v) is 8.09. The van der Waals surface area contributed by atoms with Crippen LogP contribution >= 0.6 is 0 Å². The number of nitrogens with one attached hydrogen (secondary N) is 2. The number of hydrogen-bond acceptors (Lipinski definition) is 3. The van der Waals surface area contributed by atoms with Crippen LogP contribution < -0.4 is 5.32 Å². The number of benzene rings is 2. The smallest absolute Gasteiger partial charge is 0.226 e. The molecule has 2 N–H and O–H groups in total. The zero-order valence-corrected chi connectivity index (χ0v) is 16.8. The predicted octanol–water partition coefficient (Wildman–Crippen LogP) is 3.27. The standard InChI is InChI=1S/C23H26N4O2/c1-15(2)13-27-14-17(12-20(27)28)23(29)26-21(16-8-4-3-5-9-16)22-24-18-10-6-7-11-19(18)25-22/h3-11,15,17,21H,12-14H2,1-2H3,(H,24,25)(H,26,29)/t17-,21+/m1/s1. The fraction of sp³-hybridized carbons (Fsp3) is 0.348. The van der Waals surface area contributed by atoms with Crippen molar-refractivity contribution >= 4 is 22.8 Å². The molecule has 0 saturated carbocycles. The Morgan fingerprint density at radius 2 is 1.90 bits per heavy atom. The van der Waals surface area contributed by atoms with E-state index in [2.05, 4.69) is 24.1 Å². The van der Waals surface area contributed by atoms with Gasteiger partial charge in [-0.2, -0.15) is 0 Å². The number of likely N-dealkylation sites (tertiary alicyclic amines) is 1. The van der Waals surface area contributed by atoms with Gasteiger partial charge in [-0.1, -0.05) is 56.3 Å². The minimum atomic E-state index is -0.398. The van der Waals surface area contributed by atoms with E-state index in [0.29, 0.717) is 24.8 Å². The first-order valence-corrected chi connectivity index (χ1v) is 10.1. The van der Waals surface area contributed by atoms with Gasteiger partial charge in [0, 0.05) is 19.5 Å². The Morgan fingerprint density at radius 3 is 2.62 bits per heavy atom. The van der Waals surface area contributed by atoms with E-state index in [0.717, 1.165) is 16.6 Å². The third-order valence-electron chi connectivity index (χ3n) is 5.27. The summed E-state index contributed by atoms with van der Waals surface area (Å²) < 4.78 is 0. The average Bonchev–Trinajstić information content (AvgIpc) is 3.30. The van der Waals surface area contributed by atoms with Crippen LogP contribution in [0.25, 0.3) is 11.0 Å². The van der Waals surface area contributed by atoms with Gasteiger partial charge in [-0.3, -0.25) is 9.59 Å². The maximum atomic E-state index is 13.1. The Kier molecular flexibility index (Phi) is 5.34. The largest absolute Gasteiger partial charge is 0.342 e. The number of aromatic nitrogens is 2. The predicted molar refractivity (Wildman–Crippen MR) is 112 cm³/mol. The second-order valence-electron chi connectivity index (χ2n) is 8.09. The first-order chi connectivity index (χ1) is 14.0. The number of H-pyrrole nitrogens is 1. The zero-order chi connectivity index (χ0) is 20.4. The van der Waals surface area contributed by atoms with Crippen LogP contribution in [-0.2, 0) is 9.59 Å². The first kappa shape index (κ1) is 19.2. The van der Waals surface area contributed by atoms with E-state index in [-0.39, 0.29) is 24.2 Å². The summed E-state index contributed by atoms with van der Waals surface area (Å²) in [5.74, 6) is 0.678. The van der Waals surface area contributed by atoms with Crippen molar-refractivity contribution in [2.75, 3.05) is 13.1 Å². The van der Waals surface area contributed by atoms with E-state index in [1.807, 2.05) is 54.6 Å². The summed E-state index contributed by atoms with van der Waals surface area (Å²) >= 11 is 0. The molecule has 4 rings (SSSR count). The number of nitrogens with zero attached hydrogens (tertiary/aromatic N) is 2. The molecule has 1 saturated heterocycles. The van der Waals surface area contributed by atoms with Gasteiger partial charge < -0.3 is 15.2 Å². The lowest BCUT2D eigenvalue weighted by Gasteiger charge is -2.21. The number of para-hydroxylation sites is 2. The van der Waals surface area contributed by atoms with E-state index in [4.69, 9.17) is 4.98 Å². The summed E-state index contributed by atoms with van der Waals surface area (Å²) in [6, 6.07) is 17.2. The average molecular weight is 390 g/mol. The van der Waals surface area contributed by atoms with Crippen molar-refractivity contribution in [3.8, 4) is 0 Å². The Morgan fingerprint density at radius 1 is 1.17 bits per heavy atom. The van der Waals surface area contributed by atoms with Crippen molar-refractivity contribution in [3.63, 3.8) is 0 Å². The van der Waals surface area contributed by atoms with E-state index < -0.39 is 6.04 Å². The molecule has 29 heavy (non-hydrogen) atoms. The molecule has 150 valence electrons. The first-order valence-electron chi connectivity index (χ1n) is 10.1. The van der Waals surface area contributed by atoms with Crippen LogP contribution in [0.15, 0.2) is 54.6 Å². The zero-order valence-electron chi connectivity index (χ0n) is 16.8. The summed E-state index contributed by atoms with van der Waals surface area (Å²) in [4.78, 5) is 35.2. The molecular formula is C23H26N4O2. The number of rotatable bonds is 6. The highest BCUT2D eigenvalue weighted by Crippen LogP contribution is 2.25. The molecule has 1 aromatic heterocycles. The van der Waals surface area contributed by atoms with Gasteiger partial charge in [-0.05, 0) is 23.6 Å². The molecule has 0 aliphatic carbocycles. The van der Waals surface area contributed by atoms with Crippen LogP contribution in [0.4, 0.5) is 0 Å². The number of imidazole rings is 1. The summed E-state index contributed by atoms with van der Waals surface area (Å²) in [6.07, 6.45) is 0.264. The Bertz CT molecular complexity index is 979. The van der Waals surface area contributed by atoms with Crippen LogP contribution in [0.5, 0.6) is 0 Å². The molecule has 2 aromatic carbocycles. The highest BCUT2D eigenvalue weighted by Gasteiger charge is 2.35. The van der Waals surface area contributed by atoms with Crippen molar-refractivity contribution in [1.82, 2.24) is 20.2 Å². The number of fused-ring (bicyclic) bond motifs is 1. The highest BCUT2D eigenvalue weighted by molar-refractivity contribution is 5.89. The van der Waals surface area contributed by atoms with Crippen LogP contribution in [-0.4, -0.2) is 39.8 Å². The van der Waals surface area contributed by atoms with Gasteiger partial charge in [0.1, 0.15) is 11.9 Å². The van der Waals surface area contributed by atoms with Crippen LogP contribution in [0.1, 0.15) is 37.7 Å². The lowest BCUT2D eigenvalue weighted by atomic mass is 10.0. The fourth-order valence-corrected chi connectivity index (χ4v) is 3.89. The minimum Gasteiger partial charge on any atom is -0.342 e. The Labute approximate surface area is 170 Å². The van der Waals surface area contributed by atoms with Gasteiger partial charge in [0.2, 0.25) is 11.8 Å². The van der Waals surface area contributed by atoms with Crippen molar-refractivity contribution < 1.29 is 9.59 Å². The molecule has 6 nitrogen and oxygen atoms in total. The van der Waals surface area contributed by atoms with Crippen molar-refractivity contribution in [2.45, 2.75) is 26.3 Å². The molecule has 0 spiro atoms. The molecule has 0 bridgehead atoms. The Balaban J connectivity index is 1.58. The van der Waals surface area contributed by atoms with Crippen molar-refractivity contribution in [1.29, 1.82) is 0 Å². The highest BCUT2D eigenvalue weighted by atomic mass is 16.2. The lowest BCUT2D eigenvalue weighted by Crippen LogP contribution is -2.37. The SMILES string of the molecule is CC(C)CN1C[C@H](C(=O)N[C@@H](c2ccccc2)c2nc3ccccc3[nH]2)CC1=O. The summed E-state index contributed by atoms with van der Waals surface area (Å²) in [5, 5.41) is 3.14. The normalized spacial score (nSPS) is 17.8. The van der Waals surface area contributed by atoms with Gasteiger partial charge in [-0.25, -0.2) is 4.98 Å². The minimum absolute atomic E-state index is 0.0545. The molecule has 1 aliphatic rings. The molecule has 0 unspecified atom stereocenters. The quantitative estimate of drug-likeness (QED) is 0.678. The maximum Gasteiger partial charge on any atom is 0.226 e. The number of hydrogen-bond donors (Lipinski definition) is 2. The molecule has 6 heteroatoms. The molecule has 1 fully saturated rings. The van der Waals surface area contributed by atoms with Crippen molar-refractivity contribution in [2.24, 2.45) is 11.8 Å². The molecule has 3 aromatic rings. The van der Waals surface area contributed by atoms with Gasteiger partial charge in [0.05, 0.1) is 17.0 Å². The van der Waals surface area contributed by atoms with Gasteiger partial charge >= 0.3 is 0 Å². The van der Waals surface area contributed by atoms with E-state index >= 15 is 0 Å². The van der Waals surface area contributed by atoms with Crippen molar-refractivity contribution in [3.05, 3.63) is 66.0 Å². The van der Waals surface area contributed by atoms with Crippen LogP contribution in [0, 0.1) is 11.8 Å². The summed E-state index contributed by atoms with van der Waals surface area (Å²) in [5.41, 5.74) is 2.73. The molecule has 2 atom stereocenters. The molecule has 2 heterocycles. The number of carbonyl (C=O) groups is 2. The number of aromatic amines is 1. The maximum absolute atomic E-state index is 13.1. The topological polar surface area (TPSA) is 78.1 Å². The number of amides is 2. The Hall–Kier alpha value is -3.15. The van der Waals surface area contributed by atoms with E-state index in [1.165, 1.54) is 0 Å². The molecule has 1 aliphatic heterocycles. The van der Waals surface area contributed by atoms with Crippen LogP contribution in [0.3, 0.4) is 0 Å². The molecule has 0 radical (unpaired) electrons. The second kappa shape index (κ2) is 8.07. The monoisotopic (exact) mass is 390 g/mol. The van der Waals surface area contributed by atoms with E-state index in [1.54, 1.807) is 4.90 Å². The lowest BCUT2D eigenvalue weighted by molar-refractivity contribution is -0.129. The third kappa shape index (κ3) is 4.16. The summed E-state index contributed by atoms with van der Waals surface area (Å²) in [7, 11) is 0. The van der Waals surface area contributed by atoms with E-state index in [9.17, 15) is 9.59 Å². The van der Waals surface area contributed by atoms with Gasteiger partial charge in [-0.15, -0.1) is 0 Å².